The SMILES string of the molecule is CC(=O)O[C@H]1C[C@@]2(C)[C@@H]3C[C@H](OC(C)=O)[C@@]4(C)C(C)(C)[C@@H](OC(C)=O)CC[C@@]45C[C@@]35CC[C@]2(C)[C@H]1[C@@]1(C)CC[C@@H](C(C)(C)O)O1. The van der Waals surface area contributed by atoms with E-state index in [1.807, 2.05) is 13.8 Å². The van der Waals surface area contributed by atoms with E-state index in [1.54, 1.807) is 0 Å². The monoisotopic (exact) mass is 630 g/mol. The average Bonchev–Trinajstić information content (AvgIpc) is 3.27. The molecule has 0 aromatic rings. The minimum Gasteiger partial charge on any atom is -0.462 e. The molecule has 45 heavy (non-hydrogen) atoms. The van der Waals surface area contributed by atoms with Crippen LogP contribution in [0.1, 0.15) is 134 Å². The summed E-state index contributed by atoms with van der Waals surface area (Å²) in [7, 11) is 0. The Morgan fingerprint density at radius 1 is 0.778 bits per heavy atom. The molecule has 6 aliphatic rings. The Hall–Kier alpha value is -1.67. The van der Waals surface area contributed by atoms with E-state index in [2.05, 4.69) is 41.5 Å². The van der Waals surface area contributed by atoms with Gasteiger partial charge in [-0.25, -0.2) is 0 Å². The van der Waals surface area contributed by atoms with Crippen molar-refractivity contribution in [3.8, 4) is 0 Å². The van der Waals surface area contributed by atoms with Crippen molar-refractivity contribution in [1.29, 1.82) is 0 Å². The van der Waals surface area contributed by atoms with Gasteiger partial charge in [0.25, 0.3) is 0 Å². The van der Waals surface area contributed by atoms with Gasteiger partial charge >= 0.3 is 17.9 Å². The van der Waals surface area contributed by atoms with Gasteiger partial charge in [-0.1, -0.05) is 34.6 Å². The van der Waals surface area contributed by atoms with Crippen molar-refractivity contribution in [3.05, 3.63) is 0 Å². The third-order valence-corrected chi connectivity index (χ3v) is 15.7. The molecule has 1 N–H and O–H groups in total. The van der Waals surface area contributed by atoms with Crippen LogP contribution in [-0.4, -0.2) is 58.6 Å². The number of fused-ring (bicyclic) bond motifs is 2. The summed E-state index contributed by atoms with van der Waals surface area (Å²) in [5.41, 5.74) is -2.65. The van der Waals surface area contributed by atoms with Gasteiger partial charge in [0.1, 0.15) is 18.3 Å². The molecule has 0 aromatic heterocycles. The second kappa shape index (κ2) is 9.70. The van der Waals surface area contributed by atoms with E-state index in [-0.39, 0.29) is 81.2 Å². The molecule has 0 unspecified atom stereocenters. The van der Waals surface area contributed by atoms with Gasteiger partial charge < -0.3 is 24.1 Å². The van der Waals surface area contributed by atoms with E-state index in [9.17, 15) is 19.5 Å². The molecule has 0 radical (unpaired) electrons. The summed E-state index contributed by atoms with van der Waals surface area (Å²) in [5.74, 6) is -0.575. The van der Waals surface area contributed by atoms with Crippen LogP contribution in [0, 0.1) is 44.3 Å². The summed E-state index contributed by atoms with van der Waals surface area (Å²) in [6.07, 6.45) is 6.78. The highest BCUT2D eigenvalue weighted by molar-refractivity contribution is 5.67. The third-order valence-electron chi connectivity index (χ3n) is 15.7. The number of aliphatic hydroxyl groups is 1. The summed E-state index contributed by atoms with van der Waals surface area (Å²) in [6, 6.07) is 0. The van der Waals surface area contributed by atoms with Crippen LogP contribution < -0.4 is 0 Å². The molecule has 5 saturated carbocycles. The van der Waals surface area contributed by atoms with E-state index in [1.165, 1.54) is 20.8 Å². The molecule has 1 aliphatic heterocycles. The van der Waals surface area contributed by atoms with Gasteiger partial charge in [-0.05, 0) is 106 Å². The number of carbonyl (C=O) groups excluding carboxylic acids is 3. The van der Waals surface area contributed by atoms with Crippen molar-refractivity contribution in [2.45, 2.75) is 170 Å². The van der Waals surface area contributed by atoms with E-state index < -0.39 is 16.6 Å². The molecule has 0 amide bonds. The van der Waals surface area contributed by atoms with Crippen LogP contribution in [0.3, 0.4) is 0 Å². The Bertz CT molecular complexity index is 1290. The molecule has 1 heterocycles. The second-order valence-corrected chi connectivity index (χ2v) is 18.1. The van der Waals surface area contributed by atoms with E-state index >= 15 is 0 Å². The fourth-order valence-electron chi connectivity index (χ4n) is 13.5. The molecule has 6 rings (SSSR count). The topological polar surface area (TPSA) is 108 Å². The molecule has 6 fully saturated rings. The highest BCUT2D eigenvalue weighted by atomic mass is 16.6. The predicted octanol–water partition coefficient (Wildman–Crippen LogP) is 6.54. The van der Waals surface area contributed by atoms with Gasteiger partial charge in [0.2, 0.25) is 0 Å². The van der Waals surface area contributed by atoms with Crippen LogP contribution in [0.2, 0.25) is 0 Å². The lowest BCUT2D eigenvalue weighted by atomic mass is 9.37. The Morgan fingerprint density at radius 3 is 1.93 bits per heavy atom. The summed E-state index contributed by atoms with van der Waals surface area (Å²) in [5, 5.41) is 10.9. The van der Waals surface area contributed by atoms with E-state index in [0.29, 0.717) is 0 Å². The number of hydrogen-bond donors (Lipinski definition) is 1. The first-order chi connectivity index (χ1) is 20.5. The Labute approximate surface area is 270 Å². The second-order valence-electron chi connectivity index (χ2n) is 18.1. The molecule has 12 atom stereocenters. The minimum absolute atomic E-state index is 0.0325. The fourth-order valence-corrected chi connectivity index (χ4v) is 13.5. The quantitative estimate of drug-likeness (QED) is 0.270. The molecular weight excluding hydrogens is 572 g/mol. The van der Waals surface area contributed by atoms with Gasteiger partial charge in [0.05, 0.1) is 17.3 Å². The number of ether oxygens (including phenoxy) is 4. The maximum atomic E-state index is 12.8. The summed E-state index contributed by atoms with van der Waals surface area (Å²) >= 11 is 0. The lowest BCUT2D eigenvalue weighted by molar-refractivity contribution is -0.258. The number of esters is 3. The van der Waals surface area contributed by atoms with Crippen molar-refractivity contribution in [2.24, 2.45) is 44.3 Å². The van der Waals surface area contributed by atoms with Crippen molar-refractivity contribution >= 4 is 17.9 Å². The van der Waals surface area contributed by atoms with Crippen molar-refractivity contribution < 1.29 is 38.4 Å². The number of carbonyl (C=O) groups is 3. The minimum atomic E-state index is -0.961. The molecule has 0 bridgehead atoms. The molecule has 254 valence electrons. The molecular formula is C37H58O8. The largest absolute Gasteiger partial charge is 0.462 e. The fraction of sp³-hybridized carbons (Fsp3) is 0.919. The molecule has 8 nitrogen and oxygen atoms in total. The molecule has 2 spiro atoms. The lowest BCUT2D eigenvalue weighted by Crippen LogP contribution is -2.67. The van der Waals surface area contributed by atoms with E-state index in [4.69, 9.17) is 18.9 Å². The standard InChI is InChI=1S/C37H58O8/c1-21(38)42-24-19-33(9)25-18-28(44-23(3)40)35(11)30(4,5)26(43-22(2)39)13-15-37(35)20-36(25,37)17-16-32(33,8)29(24)34(10)14-12-27(45-34)31(6,7)41/h24-29,41H,12-20H2,1-11H3/t24-,25-,26-,27-,28-,29-,32+,33-,34+,35-,36-,37+/m0/s1. The number of rotatable bonds is 5. The van der Waals surface area contributed by atoms with Crippen molar-refractivity contribution in [3.63, 3.8) is 0 Å². The van der Waals surface area contributed by atoms with Gasteiger partial charge in [-0.3, -0.25) is 14.4 Å². The smallest absolute Gasteiger partial charge is 0.302 e. The first-order valence-corrected chi connectivity index (χ1v) is 17.5. The predicted molar refractivity (Wildman–Crippen MR) is 168 cm³/mol. The normalized spacial score (nSPS) is 51.2. The lowest BCUT2D eigenvalue weighted by Gasteiger charge is -2.68. The summed E-state index contributed by atoms with van der Waals surface area (Å²) in [6.45, 7) is 21.9. The van der Waals surface area contributed by atoms with Gasteiger partial charge in [0, 0.05) is 37.5 Å². The Kier molecular flexibility index (Phi) is 7.17. The Morgan fingerprint density at radius 2 is 1.38 bits per heavy atom. The van der Waals surface area contributed by atoms with Crippen LogP contribution in [0.4, 0.5) is 0 Å². The first kappa shape index (κ1) is 33.2. The molecule has 8 heteroatoms. The average molecular weight is 631 g/mol. The Balaban J connectivity index is 1.44. The van der Waals surface area contributed by atoms with Crippen LogP contribution in [0.5, 0.6) is 0 Å². The first-order valence-electron chi connectivity index (χ1n) is 17.5. The van der Waals surface area contributed by atoms with Gasteiger partial charge in [0.15, 0.2) is 0 Å². The maximum absolute atomic E-state index is 12.8. The molecule has 5 aliphatic carbocycles. The van der Waals surface area contributed by atoms with Crippen molar-refractivity contribution in [2.75, 3.05) is 0 Å². The van der Waals surface area contributed by atoms with Crippen LogP contribution in [0.25, 0.3) is 0 Å². The van der Waals surface area contributed by atoms with E-state index in [0.717, 1.165) is 57.8 Å². The third kappa shape index (κ3) is 4.12. The van der Waals surface area contributed by atoms with Crippen LogP contribution >= 0.6 is 0 Å². The highest BCUT2D eigenvalue weighted by Crippen LogP contribution is 2.92. The highest BCUT2D eigenvalue weighted by Gasteiger charge is 2.89. The molecule has 1 saturated heterocycles. The zero-order chi connectivity index (χ0) is 33.4. The molecule has 0 aromatic carbocycles. The van der Waals surface area contributed by atoms with Gasteiger partial charge in [-0.2, -0.15) is 0 Å². The number of hydrogen-bond acceptors (Lipinski definition) is 8. The summed E-state index contributed by atoms with van der Waals surface area (Å²) < 4.78 is 25.5. The van der Waals surface area contributed by atoms with Crippen LogP contribution in [-0.2, 0) is 33.3 Å². The van der Waals surface area contributed by atoms with Gasteiger partial charge in [-0.15, -0.1) is 0 Å². The zero-order valence-electron chi connectivity index (χ0n) is 29.6. The van der Waals surface area contributed by atoms with Crippen molar-refractivity contribution in [1.82, 2.24) is 0 Å². The summed E-state index contributed by atoms with van der Waals surface area (Å²) in [4.78, 5) is 37.7. The maximum Gasteiger partial charge on any atom is 0.302 e. The zero-order valence-corrected chi connectivity index (χ0v) is 29.6. The van der Waals surface area contributed by atoms with Crippen LogP contribution in [0.15, 0.2) is 0 Å².